The number of aromatic nitrogens is 2. The largest absolute Gasteiger partial charge is 0.364 e. The van der Waals surface area contributed by atoms with Gasteiger partial charge in [0.15, 0.2) is 5.82 Å². The highest BCUT2D eigenvalue weighted by atomic mass is 35.5. The molecule has 4 nitrogen and oxygen atoms in total. The van der Waals surface area contributed by atoms with Crippen LogP contribution in [0, 0.1) is 19.7 Å². The predicted octanol–water partition coefficient (Wildman–Crippen LogP) is 4.94. The molecule has 0 N–H and O–H groups in total. The van der Waals surface area contributed by atoms with Crippen molar-refractivity contribution in [2.75, 3.05) is 18.6 Å². The summed E-state index contributed by atoms with van der Waals surface area (Å²) in [6.07, 6.45) is 2.76. The molecule has 1 aliphatic rings. The van der Waals surface area contributed by atoms with Crippen LogP contribution in [0.4, 0.5) is 10.2 Å². The minimum absolute atomic E-state index is 0. The van der Waals surface area contributed by atoms with Gasteiger partial charge in [-0.3, -0.25) is 0 Å². The SMILES string of the molecule is COCn1c(C)c(C)c2ccnc(N3CCc4ccc(F)cc4C3C)c21.Cl. The number of hydrogen-bond donors (Lipinski definition) is 0. The first-order valence-corrected chi connectivity index (χ1v) is 9.01. The minimum atomic E-state index is -0.182. The van der Waals surface area contributed by atoms with Gasteiger partial charge in [-0.05, 0) is 62.1 Å². The fraction of sp³-hybridized carbons (Fsp3) is 0.381. The zero-order valence-electron chi connectivity index (χ0n) is 16.1. The summed E-state index contributed by atoms with van der Waals surface area (Å²) in [7, 11) is 1.71. The zero-order chi connectivity index (χ0) is 18.4. The van der Waals surface area contributed by atoms with E-state index in [0.29, 0.717) is 6.73 Å². The van der Waals surface area contributed by atoms with Crippen molar-refractivity contribution in [3.05, 3.63) is 58.7 Å². The van der Waals surface area contributed by atoms with Gasteiger partial charge in [0.2, 0.25) is 0 Å². The van der Waals surface area contributed by atoms with Crippen molar-refractivity contribution in [1.82, 2.24) is 9.55 Å². The number of anilines is 1. The first kappa shape index (κ1) is 19.6. The number of fused-ring (bicyclic) bond motifs is 2. The third-order valence-electron chi connectivity index (χ3n) is 5.70. The molecular weight excluding hydrogens is 365 g/mol. The van der Waals surface area contributed by atoms with Crippen molar-refractivity contribution < 1.29 is 9.13 Å². The lowest BCUT2D eigenvalue weighted by Gasteiger charge is -2.36. The highest BCUT2D eigenvalue weighted by molar-refractivity contribution is 5.93. The Balaban J connectivity index is 0.00000210. The quantitative estimate of drug-likeness (QED) is 0.635. The second-order valence-corrected chi connectivity index (χ2v) is 7.05. The number of ether oxygens (including phenoxy) is 1. The molecule has 6 heteroatoms. The van der Waals surface area contributed by atoms with Crippen molar-refractivity contribution >= 4 is 29.1 Å². The summed E-state index contributed by atoms with van der Waals surface area (Å²) in [5.41, 5.74) is 5.80. The molecule has 0 fully saturated rings. The standard InChI is InChI=1S/C21H24FN3O.ClH/c1-13-14(2)25(12-26-4)20-18(13)7-9-23-21(20)24-10-8-16-5-6-17(22)11-19(16)15(24)3;/h5-7,9,11,15H,8,10,12H2,1-4H3;1H. The summed E-state index contributed by atoms with van der Waals surface area (Å²) in [6, 6.07) is 7.26. The lowest BCUT2D eigenvalue weighted by Crippen LogP contribution is -2.35. The molecule has 3 aromatic rings. The Labute approximate surface area is 165 Å². The molecule has 0 saturated heterocycles. The van der Waals surface area contributed by atoms with Crippen LogP contribution in [-0.2, 0) is 17.9 Å². The molecule has 144 valence electrons. The van der Waals surface area contributed by atoms with Crippen molar-refractivity contribution in [1.29, 1.82) is 0 Å². The van der Waals surface area contributed by atoms with Crippen molar-refractivity contribution in [2.45, 2.75) is 40.0 Å². The molecule has 2 aromatic heterocycles. The van der Waals surface area contributed by atoms with E-state index in [1.54, 1.807) is 19.2 Å². The van der Waals surface area contributed by atoms with Gasteiger partial charge in [0.25, 0.3) is 0 Å². The van der Waals surface area contributed by atoms with Crippen LogP contribution >= 0.6 is 12.4 Å². The Hall–Kier alpha value is -2.11. The van der Waals surface area contributed by atoms with Gasteiger partial charge in [0, 0.05) is 30.9 Å². The van der Waals surface area contributed by atoms with E-state index in [2.05, 4.69) is 36.3 Å². The maximum absolute atomic E-state index is 13.8. The molecule has 1 aliphatic heterocycles. The van der Waals surface area contributed by atoms with Crippen LogP contribution in [-0.4, -0.2) is 23.2 Å². The van der Waals surface area contributed by atoms with Gasteiger partial charge in [0.05, 0.1) is 11.6 Å². The number of rotatable bonds is 3. The third-order valence-corrected chi connectivity index (χ3v) is 5.70. The molecule has 1 atom stereocenters. The number of pyridine rings is 1. The molecule has 0 spiro atoms. The second kappa shape index (κ2) is 7.49. The molecule has 0 aliphatic carbocycles. The van der Waals surface area contributed by atoms with Crippen LogP contribution in [0.2, 0.25) is 0 Å². The van der Waals surface area contributed by atoms with Gasteiger partial charge in [0.1, 0.15) is 12.5 Å². The third kappa shape index (κ3) is 3.09. The van der Waals surface area contributed by atoms with E-state index < -0.39 is 0 Å². The van der Waals surface area contributed by atoms with E-state index in [4.69, 9.17) is 9.72 Å². The lowest BCUT2D eigenvalue weighted by molar-refractivity contribution is 0.133. The number of hydrogen-bond acceptors (Lipinski definition) is 3. The normalized spacial score (nSPS) is 16.3. The van der Waals surface area contributed by atoms with Crippen LogP contribution in [0.5, 0.6) is 0 Å². The Bertz CT molecular complexity index is 985. The summed E-state index contributed by atoms with van der Waals surface area (Å²) in [5.74, 6) is 0.760. The van der Waals surface area contributed by atoms with Crippen LogP contribution in [0.1, 0.15) is 35.3 Å². The van der Waals surface area contributed by atoms with E-state index in [1.807, 2.05) is 12.3 Å². The summed E-state index contributed by atoms with van der Waals surface area (Å²) >= 11 is 0. The van der Waals surface area contributed by atoms with Crippen LogP contribution in [0.15, 0.2) is 30.5 Å². The van der Waals surface area contributed by atoms with E-state index in [0.717, 1.165) is 29.9 Å². The van der Waals surface area contributed by atoms with E-state index in [-0.39, 0.29) is 24.3 Å². The maximum atomic E-state index is 13.8. The van der Waals surface area contributed by atoms with E-state index >= 15 is 0 Å². The smallest absolute Gasteiger partial charge is 0.153 e. The summed E-state index contributed by atoms with van der Waals surface area (Å²) < 4.78 is 21.4. The Morgan fingerprint density at radius 2 is 2.04 bits per heavy atom. The highest BCUT2D eigenvalue weighted by Crippen LogP contribution is 2.38. The Morgan fingerprint density at radius 3 is 2.78 bits per heavy atom. The van der Waals surface area contributed by atoms with E-state index in [9.17, 15) is 4.39 Å². The van der Waals surface area contributed by atoms with Gasteiger partial charge in [-0.1, -0.05) is 6.07 Å². The molecule has 27 heavy (non-hydrogen) atoms. The zero-order valence-corrected chi connectivity index (χ0v) is 16.9. The van der Waals surface area contributed by atoms with Gasteiger partial charge >= 0.3 is 0 Å². The van der Waals surface area contributed by atoms with Crippen molar-refractivity contribution in [3.63, 3.8) is 0 Å². The molecule has 3 heterocycles. The topological polar surface area (TPSA) is 30.3 Å². The first-order chi connectivity index (χ1) is 12.5. The van der Waals surface area contributed by atoms with Crippen molar-refractivity contribution in [3.8, 4) is 0 Å². The van der Waals surface area contributed by atoms with Crippen LogP contribution in [0.3, 0.4) is 0 Å². The van der Waals surface area contributed by atoms with E-state index in [1.165, 1.54) is 22.2 Å². The number of nitrogens with zero attached hydrogens (tertiary/aromatic N) is 3. The summed E-state index contributed by atoms with van der Waals surface area (Å²) in [4.78, 5) is 7.02. The lowest BCUT2D eigenvalue weighted by atomic mass is 9.93. The number of aryl methyl sites for hydroxylation is 1. The molecule has 4 rings (SSSR count). The minimum Gasteiger partial charge on any atom is -0.364 e. The second-order valence-electron chi connectivity index (χ2n) is 7.05. The summed E-state index contributed by atoms with van der Waals surface area (Å²) in [6.45, 7) is 7.73. The fourth-order valence-electron chi connectivity index (χ4n) is 4.15. The predicted molar refractivity (Wildman–Crippen MR) is 109 cm³/mol. The van der Waals surface area contributed by atoms with Gasteiger partial charge in [-0.25, -0.2) is 9.37 Å². The average Bonchev–Trinajstić information content (AvgIpc) is 2.88. The van der Waals surface area contributed by atoms with Crippen molar-refractivity contribution in [2.24, 2.45) is 0 Å². The first-order valence-electron chi connectivity index (χ1n) is 9.01. The monoisotopic (exact) mass is 389 g/mol. The molecule has 1 aromatic carbocycles. The Morgan fingerprint density at radius 1 is 1.26 bits per heavy atom. The van der Waals surface area contributed by atoms with Crippen LogP contribution < -0.4 is 4.90 Å². The van der Waals surface area contributed by atoms with Gasteiger partial charge in [-0.15, -0.1) is 12.4 Å². The molecular formula is C21H25ClFN3O. The highest BCUT2D eigenvalue weighted by Gasteiger charge is 2.28. The number of methoxy groups -OCH3 is 1. The van der Waals surface area contributed by atoms with Gasteiger partial charge in [-0.2, -0.15) is 0 Å². The molecule has 1 unspecified atom stereocenters. The molecule has 0 bridgehead atoms. The molecule has 0 saturated carbocycles. The Kier molecular flexibility index (Phi) is 5.45. The van der Waals surface area contributed by atoms with Crippen LogP contribution in [0.25, 0.3) is 10.9 Å². The van der Waals surface area contributed by atoms with Gasteiger partial charge < -0.3 is 14.2 Å². The fourth-order valence-corrected chi connectivity index (χ4v) is 4.15. The summed E-state index contributed by atoms with van der Waals surface area (Å²) in [5, 5.41) is 1.20. The maximum Gasteiger partial charge on any atom is 0.153 e. The molecule has 0 radical (unpaired) electrons. The average molecular weight is 390 g/mol. The number of halogens is 2. The number of benzene rings is 1. The molecule has 0 amide bonds.